The molecule has 4 aromatic heterocycles. The van der Waals surface area contributed by atoms with Crippen LogP contribution >= 0.6 is 11.6 Å². The number of hydrogen-bond acceptors (Lipinski definition) is 7. The van der Waals surface area contributed by atoms with Crippen LogP contribution in [0.4, 0.5) is 5.82 Å². The van der Waals surface area contributed by atoms with Crippen molar-refractivity contribution in [1.29, 1.82) is 0 Å². The van der Waals surface area contributed by atoms with Gasteiger partial charge >= 0.3 is 6.01 Å². The van der Waals surface area contributed by atoms with Crippen molar-refractivity contribution in [2.45, 2.75) is 32.7 Å². The Morgan fingerprint density at radius 2 is 2.22 bits per heavy atom. The maximum atomic E-state index is 11.5. The number of anilines is 1. The molecule has 0 aliphatic carbocycles. The molecule has 1 atom stereocenters. The summed E-state index contributed by atoms with van der Waals surface area (Å²) >= 11 is 6.67. The molecule has 10 nitrogen and oxygen atoms in total. The fourth-order valence-corrected chi connectivity index (χ4v) is 4.46. The zero-order valence-corrected chi connectivity index (χ0v) is 18.8. The summed E-state index contributed by atoms with van der Waals surface area (Å²) < 4.78 is 7.82. The predicted molar refractivity (Wildman–Crippen MR) is 121 cm³/mol. The van der Waals surface area contributed by atoms with E-state index in [0.29, 0.717) is 28.8 Å². The van der Waals surface area contributed by atoms with E-state index < -0.39 is 0 Å². The third kappa shape index (κ3) is 3.60. The van der Waals surface area contributed by atoms with Gasteiger partial charge in [0.1, 0.15) is 17.0 Å². The molecular weight excluding hydrogens is 432 g/mol. The first-order valence-electron chi connectivity index (χ1n) is 10.5. The topological polar surface area (TPSA) is 114 Å². The number of imidazole rings is 1. The van der Waals surface area contributed by atoms with E-state index in [1.807, 2.05) is 18.5 Å². The number of ether oxygens (including phenoxy) is 1. The number of amides is 1. The van der Waals surface area contributed by atoms with E-state index in [1.54, 1.807) is 18.6 Å². The molecule has 0 bridgehead atoms. The molecule has 0 saturated carbocycles. The first-order chi connectivity index (χ1) is 15.4. The van der Waals surface area contributed by atoms with Crippen molar-refractivity contribution in [1.82, 2.24) is 34.8 Å². The van der Waals surface area contributed by atoms with Crippen molar-refractivity contribution in [3.05, 3.63) is 29.3 Å². The second-order valence-corrected chi connectivity index (χ2v) is 8.31. The van der Waals surface area contributed by atoms with Gasteiger partial charge in [-0.1, -0.05) is 18.5 Å². The van der Waals surface area contributed by atoms with E-state index >= 15 is 0 Å². The van der Waals surface area contributed by atoms with Gasteiger partial charge in [-0.3, -0.25) is 4.79 Å². The Balaban J connectivity index is 1.54. The molecule has 4 aromatic rings. The van der Waals surface area contributed by atoms with Crippen molar-refractivity contribution < 1.29 is 9.53 Å². The van der Waals surface area contributed by atoms with Gasteiger partial charge in [-0.15, -0.1) is 0 Å². The van der Waals surface area contributed by atoms with Gasteiger partial charge in [0, 0.05) is 44.9 Å². The summed E-state index contributed by atoms with van der Waals surface area (Å²) in [7, 11) is 1.89. The number of rotatable bonds is 5. The van der Waals surface area contributed by atoms with Crippen molar-refractivity contribution in [2.75, 3.05) is 18.0 Å². The average Bonchev–Trinajstić information content (AvgIpc) is 3.45. The molecule has 11 heteroatoms. The van der Waals surface area contributed by atoms with Crippen LogP contribution in [0.5, 0.6) is 11.8 Å². The maximum Gasteiger partial charge on any atom is 0.326 e. The number of carbonyl (C=O) groups excluding carboxylic acids is 1. The molecule has 1 aliphatic heterocycles. The van der Waals surface area contributed by atoms with Crippen LogP contribution in [0.25, 0.3) is 22.2 Å². The number of nitrogens with zero attached hydrogens (tertiary/aromatic N) is 6. The van der Waals surface area contributed by atoms with E-state index in [1.165, 1.54) is 6.92 Å². The summed E-state index contributed by atoms with van der Waals surface area (Å²) in [6.45, 7) is 4.93. The Hall–Kier alpha value is -3.40. The highest BCUT2D eigenvalue weighted by molar-refractivity contribution is 6.37. The molecule has 1 fully saturated rings. The summed E-state index contributed by atoms with van der Waals surface area (Å²) in [5, 5.41) is 4.36. The summed E-state index contributed by atoms with van der Waals surface area (Å²) in [6, 6.07) is 2.05. The van der Waals surface area contributed by atoms with Crippen molar-refractivity contribution in [3.8, 4) is 11.8 Å². The van der Waals surface area contributed by atoms with Crippen LogP contribution in [-0.4, -0.2) is 54.5 Å². The summed E-state index contributed by atoms with van der Waals surface area (Å²) in [5.41, 5.74) is 2.99. The van der Waals surface area contributed by atoms with Gasteiger partial charge in [0.25, 0.3) is 0 Å². The Morgan fingerprint density at radius 3 is 3.00 bits per heavy atom. The molecule has 2 N–H and O–H groups in total. The summed E-state index contributed by atoms with van der Waals surface area (Å²) in [6.07, 6.45) is 4.89. The average molecular weight is 455 g/mol. The lowest BCUT2D eigenvalue weighted by molar-refractivity contribution is -0.119. The van der Waals surface area contributed by atoms with Crippen molar-refractivity contribution >= 4 is 45.5 Å². The molecule has 32 heavy (non-hydrogen) atoms. The second kappa shape index (κ2) is 7.94. The summed E-state index contributed by atoms with van der Waals surface area (Å²) in [4.78, 5) is 34.9. The number of aryl methyl sites for hydroxylation is 2. The van der Waals surface area contributed by atoms with Crippen molar-refractivity contribution in [3.63, 3.8) is 0 Å². The van der Waals surface area contributed by atoms with Gasteiger partial charge in [-0.05, 0) is 12.8 Å². The lowest BCUT2D eigenvalue weighted by atomic mass is 10.2. The van der Waals surface area contributed by atoms with E-state index in [0.717, 1.165) is 41.6 Å². The van der Waals surface area contributed by atoms with Crippen LogP contribution < -0.4 is 15.0 Å². The van der Waals surface area contributed by atoms with Crippen LogP contribution in [0, 0.1) is 0 Å². The number of H-pyrrole nitrogens is 1. The largest absolute Gasteiger partial charge is 0.422 e. The number of hydrogen-bond donors (Lipinski definition) is 2. The van der Waals surface area contributed by atoms with Gasteiger partial charge in [0.2, 0.25) is 5.91 Å². The Morgan fingerprint density at radius 1 is 1.38 bits per heavy atom. The number of fused-ring (bicyclic) bond motifs is 2. The minimum Gasteiger partial charge on any atom is -0.422 e. The summed E-state index contributed by atoms with van der Waals surface area (Å²) in [5.74, 6) is 1.14. The van der Waals surface area contributed by atoms with Gasteiger partial charge in [-0.25, -0.2) is 9.97 Å². The Bertz CT molecular complexity index is 1330. The zero-order chi connectivity index (χ0) is 22.4. The smallest absolute Gasteiger partial charge is 0.326 e. The Labute approximate surface area is 189 Å². The van der Waals surface area contributed by atoms with E-state index in [4.69, 9.17) is 21.3 Å². The fourth-order valence-electron chi connectivity index (χ4n) is 4.11. The number of carbonyl (C=O) groups is 1. The van der Waals surface area contributed by atoms with Crippen molar-refractivity contribution in [2.24, 2.45) is 7.05 Å². The monoisotopic (exact) mass is 454 g/mol. The second-order valence-electron chi connectivity index (χ2n) is 7.93. The molecule has 0 spiro atoms. The third-order valence-corrected chi connectivity index (χ3v) is 6.02. The number of halogens is 1. The highest BCUT2D eigenvalue weighted by atomic mass is 35.5. The first-order valence-corrected chi connectivity index (χ1v) is 10.9. The molecule has 0 aromatic carbocycles. The van der Waals surface area contributed by atoms with E-state index in [9.17, 15) is 4.79 Å². The van der Waals surface area contributed by atoms with Crippen LogP contribution in [-0.2, 0) is 18.3 Å². The first kappa shape index (κ1) is 20.5. The minimum absolute atomic E-state index is 0.0425. The lowest BCUT2D eigenvalue weighted by Gasteiger charge is -2.19. The molecule has 0 radical (unpaired) electrons. The van der Waals surface area contributed by atoms with Gasteiger partial charge in [-0.2, -0.15) is 9.97 Å². The quantitative estimate of drug-likeness (QED) is 0.476. The molecule has 0 unspecified atom stereocenters. The number of aromatic amines is 1. The van der Waals surface area contributed by atoms with Crippen LogP contribution in [0.3, 0.4) is 0 Å². The Kier molecular flexibility index (Phi) is 5.09. The molecule has 5 heterocycles. The van der Waals surface area contributed by atoms with Crippen LogP contribution in [0.15, 0.2) is 18.6 Å². The predicted octanol–water partition coefficient (Wildman–Crippen LogP) is 2.96. The standard InChI is InChI=1S/C21H23ClN8O2/c1-4-14-17(22)16-18(26-14)27-21(28-20(16)30-6-5-12(9-30)25-11(2)31)32-13-7-15-19(23-8-13)29(3)10-24-15/h7-8,10,12H,4-6,9H2,1-3H3,(H,25,31)(H,26,27,28)/t12-/m1/s1. The molecule has 166 valence electrons. The number of pyridine rings is 1. The van der Waals surface area contributed by atoms with E-state index in [-0.39, 0.29) is 18.0 Å². The molecule has 1 aliphatic rings. The lowest BCUT2D eigenvalue weighted by Crippen LogP contribution is -2.35. The molecular formula is C21H23ClN8O2. The van der Waals surface area contributed by atoms with Gasteiger partial charge in [0.15, 0.2) is 11.4 Å². The number of aromatic nitrogens is 6. The highest BCUT2D eigenvalue weighted by Crippen LogP contribution is 2.37. The molecule has 1 amide bonds. The molecule has 1 saturated heterocycles. The molecule has 5 rings (SSSR count). The van der Waals surface area contributed by atoms with E-state index in [2.05, 4.69) is 30.2 Å². The zero-order valence-electron chi connectivity index (χ0n) is 18.0. The minimum atomic E-state index is -0.0425. The highest BCUT2D eigenvalue weighted by Gasteiger charge is 2.28. The van der Waals surface area contributed by atoms with Crippen LogP contribution in [0.2, 0.25) is 5.02 Å². The van der Waals surface area contributed by atoms with Crippen LogP contribution in [0.1, 0.15) is 26.0 Å². The third-order valence-electron chi connectivity index (χ3n) is 5.61. The number of nitrogens with one attached hydrogen (secondary N) is 2. The SMILES string of the molecule is CCc1[nH]c2nc(Oc3cnc4c(c3)ncn4C)nc(N3CC[C@@H](NC(C)=O)C3)c2c1Cl. The maximum absolute atomic E-state index is 11.5. The van der Waals surface area contributed by atoms with Gasteiger partial charge < -0.3 is 24.5 Å². The fraction of sp³-hybridized carbons (Fsp3) is 0.381. The normalized spacial score (nSPS) is 16.2. The van der Waals surface area contributed by atoms with Gasteiger partial charge in [0.05, 0.1) is 22.9 Å².